The summed E-state index contributed by atoms with van der Waals surface area (Å²) in [6, 6.07) is 4.63. The molecule has 5 heteroatoms. The molecule has 110 valence electrons. The van der Waals surface area contributed by atoms with Crippen molar-refractivity contribution in [3.8, 4) is 11.5 Å². The monoisotopic (exact) mass is 279 g/mol. The van der Waals surface area contributed by atoms with Gasteiger partial charge in [-0.15, -0.1) is 0 Å². The molecule has 0 aromatic heterocycles. The minimum atomic E-state index is -0.495. The van der Waals surface area contributed by atoms with Crippen LogP contribution in [0.4, 0.5) is 0 Å². The molecule has 1 amide bonds. The second-order valence-electron chi connectivity index (χ2n) is 5.19. The highest BCUT2D eigenvalue weighted by Crippen LogP contribution is 2.31. The number of carbonyl (C=O) groups excluding carboxylic acids is 1. The van der Waals surface area contributed by atoms with E-state index in [0.717, 1.165) is 19.3 Å². The van der Waals surface area contributed by atoms with E-state index in [0.29, 0.717) is 6.42 Å². The minimum Gasteiger partial charge on any atom is -0.504 e. The predicted octanol–water partition coefficient (Wildman–Crippen LogP) is 1.78. The maximum absolute atomic E-state index is 12.5. The van der Waals surface area contributed by atoms with Gasteiger partial charge in [0.1, 0.15) is 0 Å². The van der Waals surface area contributed by atoms with E-state index in [2.05, 4.69) is 0 Å². The van der Waals surface area contributed by atoms with E-state index in [-0.39, 0.29) is 29.0 Å². The Bertz CT molecular complexity index is 489. The number of aliphatic hydroxyl groups is 1. The number of carbonyl (C=O) groups is 1. The molecule has 1 aromatic carbocycles. The van der Waals surface area contributed by atoms with Gasteiger partial charge in [-0.25, -0.2) is 0 Å². The molecule has 5 nitrogen and oxygen atoms in total. The number of aliphatic hydroxyl groups excluding tert-OH is 1. The number of nitrogens with zero attached hydrogens (tertiary/aromatic N) is 1. The van der Waals surface area contributed by atoms with E-state index in [1.165, 1.54) is 12.0 Å². The molecule has 0 heterocycles. The number of hydrogen-bond acceptors (Lipinski definition) is 4. The van der Waals surface area contributed by atoms with Crippen LogP contribution < -0.4 is 4.74 Å². The van der Waals surface area contributed by atoms with Crippen molar-refractivity contribution in [3.63, 3.8) is 0 Å². The average molecular weight is 279 g/mol. The lowest BCUT2D eigenvalue weighted by Crippen LogP contribution is -2.46. The zero-order chi connectivity index (χ0) is 14.7. The molecule has 2 rings (SSSR count). The maximum atomic E-state index is 12.5. The third kappa shape index (κ3) is 2.72. The highest BCUT2D eigenvalue weighted by Gasteiger charge is 2.31. The van der Waals surface area contributed by atoms with Crippen molar-refractivity contribution in [2.24, 2.45) is 0 Å². The molecule has 1 aromatic rings. The molecule has 2 atom stereocenters. The van der Waals surface area contributed by atoms with Gasteiger partial charge in [-0.05, 0) is 25.0 Å². The van der Waals surface area contributed by atoms with Gasteiger partial charge >= 0.3 is 0 Å². The van der Waals surface area contributed by atoms with Crippen molar-refractivity contribution in [1.82, 2.24) is 4.90 Å². The van der Waals surface area contributed by atoms with E-state index in [4.69, 9.17) is 4.74 Å². The van der Waals surface area contributed by atoms with Crippen LogP contribution >= 0.6 is 0 Å². The quantitative estimate of drug-likeness (QED) is 0.884. The van der Waals surface area contributed by atoms with Gasteiger partial charge in [0, 0.05) is 7.05 Å². The molecule has 1 aliphatic rings. The number of hydrogen-bond donors (Lipinski definition) is 2. The van der Waals surface area contributed by atoms with Gasteiger partial charge in [0.2, 0.25) is 0 Å². The number of amides is 1. The molecule has 0 aliphatic heterocycles. The second-order valence-corrected chi connectivity index (χ2v) is 5.19. The number of rotatable bonds is 3. The summed E-state index contributed by atoms with van der Waals surface area (Å²) in [4.78, 5) is 14.0. The Hall–Kier alpha value is -1.75. The standard InChI is InChI=1S/C15H21NO4/c1-16(11-7-3-4-8-12(11)17)15(19)10-6-5-9-13(20-2)14(10)18/h5-6,9,11-12,17-18H,3-4,7-8H2,1-2H3. The third-order valence-corrected chi connectivity index (χ3v) is 3.96. The van der Waals surface area contributed by atoms with Crippen LogP contribution in [0.25, 0.3) is 0 Å². The number of benzene rings is 1. The number of phenolic OH excluding ortho intramolecular Hbond substituents is 1. The molecule has 1 aliphatic carbocycles. The Kier molecular flexibility index (Phi) is 4.49. The van der Waals surface area contributed by atoms with E-state index < -0.39 is 6.10 Å². The fourth-order valence-corrected chi connectivity index (χ4v) is 2.74. The summed E-state index contributed by atoms with van der Waals surface area (Å²) in [6.07, 6.45) is 3.00. The predicted molar refractivity (Wildman–Crippen MR) is 75.0 cm³/mol. The number of likely N-dealkylation sites (N-methyl/N-ethyl adjacent to an activating group) is 1. The van der Waals surface area contributed by atoms with Crippen LogP contribution in [0.1, 0.15) is 36.0 Å². The zero-order valence-electron chi connectivity index (χ0n) is 11.9. The molecule has 0 radical (unpaired) electrons. The molecule has 2 N–H and O–H groups in total. The largest absolute Gasteiger partial charge is 0.504 e. The molecule has 0 saturated heterocycles. The Morgan fingerprint density at radius 3 is 2.70 bits per heavy atom. The third-order valence-electron chi connectivity index (χ3n) is 3.96. The lowest BCUT2D eigenvalue weighted by atomic mass is 9.91. The summed E-state index contributed by atoms with van der Waals surface area (Å²) in [7, 11) is 3.11. The minimum absolute atomic E-state index is 0.155. The van der Waals surface area contributed by atoms with Crippen LogP contribution in [0.2, 0.25) is 0 Å². The van der Waals surface area contributed by atoms with Crippen LogP contribution in [-0.2, 0) is 0 Å². The van der Waals surface area contributed by atoms with Gasteiger partial charge < -0.3 is 19.8 Å². The van der Waals surface area contributed by atoms with Crippen molar-refractivity contribution < 1.29 is 19.7 Å². The van der Waals surface area contributed by atoms with Gasteiger partial charge in [0.25, 0.3) is 5.91 Å². The normalized spacial score (nSPS) is 22.4. The summed E-state index contributed by atoms with van der Waals surface area (Å²) in [5.74, 6) is -0.182. The summed E-state index contributed by atoms with van der Waals surface area (Å²) in [5.41, 5.74) is 0.199. The van der Waals surface area contributed by atoms with Crippen molar-refractivity contribution in [2.75, 3.05) is 14.2 Å². The van der Waals surface area contributed by atoms with Crippen LogP contribution in [0.3, 0.4) is 0 Å². The number of phenols is 1. The topological polar surface area (TPSA) is 70.0 Å². The number of para-hydroxylation sites is 1. The summed E-state index contributed by atoms with van der Waals surface area (Å²) in [6.45, 7) is 0. The van der Waals surface area contributed by atoms with Crippen LogP contribution in [-0.4, -0.2) is 47.3 Å². The first kappa shape index (κ1) is 14.7. The lowest BCUT2D eigenvalue weighted by Gasteiger charge is -2.35. The van der Waals surface area contributed by atoms with Crippen molar-refractivity contribution in [1.29, 1.82) is 0 Å². The Morgan fingerprint density at radius 2 is 2.05 bits per heavy atom. The van der Waals surface area contributed by atoms with Crippen molar-refractivity contribution in [2.45, 2.75) is 37.8 Å². The summed E-state index contributed by atoms with van der Waals surface area (Å²) >= 11 is 0. The zero-order valence-corrected chi connectivity index (χ0v) is 11.9. The molecule has 1 saturated carbocycles. The van der Waals surface area contributed by atoms with Gasteiger partial charge in [-0.2, -0.15) is 0 Å². The second kappa shape index (κ2) is 6.13. The van der Waals surface area contributed by atoms with Crippen LogP contribution in [0.15, 0.2) is 18.2 Å². The van der Waals surface area contributed by atoms with Crippen molar-refractivity contribution >= 4 is 5.91 Å². The summed E-state index contributed by atoms with van der Waals surface area (Å²) < 4.78 is 5.01. The number of methoxy groups -OCH3 is 1. The van der Waals surface area contributed by atoms with Crippen molar-refractivity contribution in [3.05, 3.63) is 23.8 Å². The average Bonchev–Trinajstić information content (AvgIpc) is 2.46. The van der Waals surface area contributed by atoms with Gasteiger partial charge in [-0.1, -0.05) is 18.9 Å². The van der Waals surface area contributed by atoms with Gasteiger partial charge in [0.05, 0.1) is 24.8 Å². The molecular weight excluding hydrogens is 258 g/mol. The summed E-state index contributed by atoms with van der Waals surface area (Å²) in [5, 5.41) is 20.1. The van der Waals surface area contributed by atoms with E-state index in [9.17, 15) is 15.0 Å². The fraction of sp³-hybridized carbons (Fsp3) is 0.533. The van der Waals surface area contributed by atoms with E-state index in [1.54, 1.807) is 25.2 Å². The number of ether oxygens (including phenoxy) is 1. The molecule has 2 unspecified atom stereocenters. The molecule has 1 fully saturated rings. The Morgan fingerprint density at radius 1 is 1.35 bits per heavy atom. The molecule has 0 bridgehead atoms. The van der Waals surface area contributed by atoms with Gasteiger partial charge in [0.15, 0.2) is 11.5 Å². The highest BCUT2D eigenvalue weighted by molar-refractivity contribution is 5.97. The van der Waals surface area contributed by atoms with E-state index >= 15 is 0 Å². The first-order chi connectivity index (χ1) is 9.56. The van der Waals surface area contributed by atoms with Crippen LogP contribution in [0.5, 0.6) is 11.5 Å². The number of aromatic hydroxyl groups is 1. The molecular formula is C15H21NO4. The van der Waals surface area contributed by atoms with E-state index in [1.807, 2.05) is 0 Å². The highest BCUT2D eigenvalue weighted by atomic mass is 16.5. The maximum Gasteiger partial charge on any atom is 0.257 e. The molecule has 20 heavy (non-hydrogen) atoms. The Labute approximate surface area is 118 Å². The molecule has 0 spiro atoms. The Balaban J connectivity index is 2.22. The first-order valence-electron chi connectivity index (χ1n) is 6.87. The SMILES string of the molecule is COc1cccc(C(=O)N(C)C2CCCCC2O)c1O. The first-order valence-corrected chi connectivity index (χ1v) is 6.87. The van der Waals surface area contributed by atoms with Gasteiger partial charge in [-0.3, -0.25) is 4.79 Å². The lowest BCUT2D eigenvalue weighted by molar-refractivity contribution is 0.0266. The van der Waals surface area contributed by atoms with Crippen LogP contribution in [0, 0.1) is 0 Å². The fourth-order valence-electron chi connectivity index (χ4n) is 2.74. The smallest absolute Gasteiger partial charge is 0.257 e.